The number of carbonyl (C=O) groups is 3. The Morgan fingerprint density at radius 2 is 1.59 bits per heavy atom. The third-order valence-electron chi connectivity index (χ3n) is 6.94. The summed E-state index contributed by atoms with van der Waals surface area (Å²) in [6, 6.07) is 15.6. The van der Waals surface area contributed by atoms with E-state index < -0.39 is 35.3 Å². The molecule has 8 nitrogen and oxygen atoms in total. The predicted molar refractivity (Wildman–Crippen MR) is 123 cm³/mol. The number of carbonyl (C=O) groups excluding carboxylic acids is 2. The lowest BCUT2D eigenvalue weighted by Gasteiger charge is -2.39. The van der Waals surface area contributed by atoms with E-state index in [1.165, 1.54) is 9.80 Å². The molecule has 2 saturated heterocycles. The lowest BCUT2D eigenvalue weighted by Crippen LogP contribution is -2.61. The van der Waals surface area contributed by atoms with Crippen molar-refractivity contribution in [1.82, 2.24) is 9.80 Å². The zero-order chi connectivity index (χ0) is 24.3. The maximum Gasteiger partial charge on any atom is 0.410 e. The first-order valence-corrected chi connectivity index (χ1v) is 11.5. The van der Waals surface area contributed by atoms with Gasteiger partial charge < -0.3 is 19.5 Å². The van der Waals surface area contributed by atoms with Crippen molar-refractivity contribution < 1.29 is 29.0 Å². The van der Waals surface area contributed by atoms with Gasteiger partial charge in [0.2, 0.25) is 0 Å². The van der Waals surface area contributed by atoms with Crippen molar-refractivity contribution in [1.29, 1.82) is 0 Å². The molecular weight excluding hydrogens is 436 g/mol. The lowest BCUT2D eigenvalue weighted by molar-refractivity contribution is -0.149. The van der Waals surface area contributed by atoms with Crippen LogP contribution in [0.2, 0.25) is 0 Å². The van der Waals surface area contributed by atoms with E-state index in [0.29, 0.717) is 0 Å². The fourth-order valence-electron chi connectivity index (χ4n) is 5.45. The maximum atomic E-state index is 13.1. The van der Waals surface area contributed by atoms with Crippen LogP contribution in [0.4, 0.5) is 9.59 Å². The van der Waals surface area contributed by atoms with Gasteiger partial charge in [-0.25, -0.2) is 14.4 Å². The molecule has 8 heteroatoms. The summed E-state index contributed by atoms with van der Waals surface area (Å²) in [5.41, 5.74) is 2.21. The summed E-state index contributed by atoms with van der Waals surface area (Å²) in [5.74, 6) is -1.26. The summed E-state index contributed by atoms with van der Waals surface area (Å²) in [4.78, 5) is 40.7. The number of benzene rings is 2. The van der Waals surface area contributed by atoms with Crippen LogP contribution in [0.1, 0.15) is 44.2 Å². The van der Waals surface area contributed by atoms with Crippen LogP contribution in [0.15, 0.2) is 48.5 Å². The van der Waals surface area contributed by atoms with Crippen LogP contribution in [0.25, 0.3) is 11.1 Å². The number of carboxylic acids is 1. The van der Waals surface area contributed by atoms with Gasteiger partial charge >= 0.3 is 18.2 Å². The van der Waals surface area contributed by atoms with E-state index >= 15 is 0 Å². The Labute approximate surface area is 198 Å². The minimum Gasteiger partial charge on any atom is -0.479 e. The quantitative estimate of drug-likeness (QED) is 0.735. The molecule has 2 fully saturated rings. The van der Waals surface area contributed by atoms with E-state index in [9.17, 15) is 19.5 Å². The first-order chi connectivity index (χ1) is 16.1. The zero-order valence-electron chi connectivity index (χ0n) is 19.5. The van der Waals surface area contributed by atoms with Crippen LogP contribution < -0.4 is 0 Å². The molecule has 2 heterocycles. The molecule has 2 aliphatic heterocycles. The van der Waals surface area contributed by atoms with Crippen LogP contribution >= 0.6 is 0 Å². The molecule has 0 aromatic heterocycles. The van der Waals surface area contributed by atoms with Crippen LogP contribution in [0, 0.1) is 0 Å². The van der Waals surface area contributed by atoms with Crippen LogP contribution in [0.5, 0.6) is 0 Å². The second kappa shape index (κ2) is 7.75. The topological polar surface area (TPSA) is 96.4 Å². The summed E-state index contributed by atoms with van der Waals surface area (Å²) in [5, 5.41) is 10.1. The molecule has 1 N–H and O–H groups in total. The summed E-state index contributed by atoms with van der Waals surface area (Å²) in [6.45, 7) is 5.37. The fraction of sp³-hybridized carbons (Fsp3) is 0.423. The number of likely N-dealkylation sites (tertiary alicyclic amines) is 2. The number of piperazine rings is 1. The van der Waals surface area contributed by atoms with Crippen molar-refractivity contribution in [3.63, 3.8) is 0 Å². The molecule has 34 heavy (non-hydrogen) atoms. The molecule has 2 atom stereocenters. The van der Waals surface area contributed by atoms with Crippen LogP contribution in [-0.4, -0.2) is 69.9 Å². The Balaban J connectivity index is 1.32. The third kappa shape index (κ3) is 3.48. The number of fused-ring (bicyclic) bond motifs is 5. The molecule has 3 aliphatic rings. The average Bonchev–Trinajstić information content (AvgIpc) is 3.45. The normalized spacial score (nSPS) is 23.0. The van der Waals surface area contributed by atoms with E-state index in [1.807, 2.05) is 36.4 Å². The highest BCUT2D eigenvalue weighted by molar-refractivity contribution is 5.88. The third-order valence-corrected chi connectivity index (χ3v) is 6.94. The highest BCUT2D eigenvalue weighted by Gasteiger charge is 2.63. The fourth-order valence-corrected chi connectivity index (χ4v) is 5.45. The Morgan fingerprint density at radius 1 is 1.00 bits per heavy atom. The molecule has 5 rings (SSSR count). The number of hydrogen-bond acceptors (Lipinski definition) is 5. The summed E-state index contributed by atoms with van der Waals surface area (Å²) in [6.07, 6.45) is -1.07. The number of rotatable bonds is 3. The Kier molecular flexibility index (Phi) is 5.07. The maximum absolute atomic E-state index is 13.1. The smallest absolute Gasteiger partial charge is 0.410 e. The van der Waals surface area contributed by atoms with Gasteiger partial charge in [-0.15, -0.1) is 0 Å². The van der Waals surface area contributed by atoms with Gasteiger partial charge in [-0.1, -0.05) is 48.5 Å². The van der Waals surface area contributed by atoms with Gasteiger partial charge in [0.1, 0.15) is 12.2 Å². The molecule has 2 aromatic rings. The largest absolute Gasteiger partial charge is 0.479 e. The summed E-state index contributed by atoms with van der Waals surface area (Å²) >= 11 is 0. The van der Waals surface area contributed by atoms with E-state index in [4.69, 9.17) is 9.47 Å². The molecule has 0 radical (unpaired) electrons. The zero-order valence-corrected chi connectivity index (χ0v) is 19.5. The molecule has 0 saturated carbocycles. The first kappa shape index (κ1) is 22.3. The number of aliphatic carboxylic acids is 1. The Morgan fingerprint density at radius 3 is 2.15 bits per heavy atom. The van der Waals surface area contributed by atoms with Crippen LogP contribution in [-0.2, 0) is 14.3 Å². The van der Waals surface area contributed by atoms with Gasteiger partial charge in [0.05, 0.1) is 12.6 Å². The summed E-state index contributed by atoms with van der Waals surface area (Å²) in [7, 11) is 0. The van der Waals surface area contributed by atoms with Crippen molar-refractivity contribution in [2.24, 2.45) is 0 Å². The van der Waals surface area contributed by atoms with Crippen molar-refractivity contribution in [3.8, 4) is 11.1 Å². The average molecular weight is 465 g/mol. The number of ether oxygens (including phenoxy) is 2. The van der Waals surface area contributed by atoms with Gasteiger partial charge in [0.15, 0.2) is 5.54 Å². The van der Waals surface area contributed by atoms with E-state index in [-0.39, 0.29) is 32.0 Å². The Hall–Kier alpha value is -3.55. The molecule has 0 spiro atoms. The van der Waals surface area contributed by atoms with E-state index in [2.05, 4.69) is 12.1 Å². The molecular formula is C26H28N2O6. The molecule has 178 valence electrons. The van der Waals surface area contributed by atoms with Crippen molar-refractivity contribution in [2.45, 2.75) is 50.3 Å². The van der Waals surface area contributed by atoms with Gasteiger partial charge in [-0.05, 0) is 43.0 Å². The molecule has 2 unspecified atom stereocenters. The van der Waals surface area contributed by atoms with Gasteiger partial charge in [-0.3, -0.25) is 4.90 Å². The van der Waals surface area contributed by atoms with Gasteiger partial charge in [0, 0.05) is 18.9 Å². The van der Waals surface area contributed by atoms with Crippen LogP contribution in [0.3, 0.4) is 0 Å². The second-order valence-corrected chi connectivity index (χ2v) is 10.2. The Bertz CT molecular complexity index is 1130. The SMILES string of the molecule is CC(C)(C)OC(=O)N1CC2(C(=O)O)CC1CN2C(=O)OCC1c2ccccc2-c2ccccc21. The number of nitrogens with zero attached hydrogens (tertiary/aromatic N) is 2. The van der Waals surface area contributed by atoms with E-state index in [1.54, 1.807) is 20.8 Å². The minimum absolute atomic E-state index is 0.0994. The summed E-state index contributed by atoms with van der Waals surface area (Å²) < 4.78 is 11.2. The first-order valence-electron chi connectivity index (χ1n) is 11.5. The molecule has 1 aliphatic carbocycles. The highest BCUT2D eigenvalue weighted by atomic mass is 16.6. The second-order valence-electron chi connectivity index (χ2n) is 10.2. The molecule has 2 amide bonds. The number of hydrogen-bond donors (Lipinski definition) is 1. The molecule has 2 aromatic carbocycles. The standard InChI is InChI=1S/C26H28N2O6/c1-25(2,3)34-23(31)27-15-26(22(29)30)12-16(27)13-28(26)24(32)33-14-21-19-10-6-4-8-17(19)18-9-5-7-11-20(18)21/h4-11,16,21H,12-15H2,1-3H3,(H,29,30). The molecule has 2 bridgehead atoms. The highest BCUT2D eigenvalue weighted by Crippen LogP contribution is 2.45. The number of carboxylic acid groups (broad SMARTS) is 1. The number of amides is 2. The van der Waals surface area contributed by atoms with Crippen molar-refractivity contribution in [2.75, 3.05) is 19.7 Å². The van der Waals surface area contributed by atoms with Gasteiger partial charge in [0.25, 0.3) is 0 Å². The van der Waals surface area contributed by atoms with Crippen molar-refractivity contribution >= 4 is 18.2 Å². The van der Waals surface area contributed by atoms with Gasteiger partial charge in [-0.2, -0.15) is 0 Å². The lowest BCUT2D eigenvalue weighted by atomic mass is 9.98. The minimum atomic E-state index is -1.51. The predicted octanol–water partition coefficient (Wildman–Crippen LogP) is 4.08. The van der Waals surface area contributed by atoms with Crippen molar-refractivity contribution in [3.05, 3.63) is 59.7 Å². The monoisotopic (exact) mass is 464 g/mol. The van der Waals surface area contributed by atoms with E-state index in [0.717, 1.165) is 22.3 Å².